The van der Waals surface area contributed by atoms with E-state index in [-0.39, 0.29) is 12.5 Å². The van der Waals surface area contributed by atoms with Gasteiger partial charge < -0.3 is 4.74 Å². The van der Waals surface area contributed by atoms with Crippen LogP contribution in [0.15, 0.2) is 30.3 Å². The fourth-order valence-electron chi connectivity index (χ4n) is 3.19. The molecule has 12 heteroatoms. The highest BCUT2D eigenvalue weighted by Gasteiger charge is 2.30. The Hall–Kier alpha value is -2.80. The summed E-state index contributed by atoms with van der Waals surface area (Å²) in [5.74, 6) is 0.329. The number of hydrogen-bond acceptors (Lipinski definition) is 7. The van der Waals surface area contributed by atoms with Crippen molar-refractivity contribution in [3.8, 4) is 17.0 Å². The van der Waals surface area contributed by atoms with Crippen molar-refractivity contribution in [3.63, 3.8) is 0 Å². The van der Waals surface area contributed by atoms with Gasteiger partial charge in [-0.3, -0.25) is 15.2 Å². The zero-order valence-electron chi connectivity index (χ0n) is 17.2. The van der Waals surface area contributed by atoms with Crippen molar-refractivity contribution < 1.29 is 17.9 Å². The number of carbonyl (C=O) groups is 1. The lowest BCUT2D eigenvalue weighted by Gasteiger charge is -2.27. The SMILES string of the molecule is COc1cccc(-c2cc(C(=O)Nc3nc4c(s3)CN(S(=O)(=O)N(C)C)CC4)[nH]n2)c1. The van der Waals surface area contributed by atoms with Crippen molar-refractivity contribution in [2.45, 2.75) is 13.0 Å². The number of nitrogens with one attached hydrogen (secondary N) is 2. The number of aromatic nitrogens is 3. The summed E-state index contributed by atoms with van der Waals surface area (Å²) >= 11 is 1.28. The van der Waals surface area contributed by atoms with Crippen molar-refractivity contribution in [1.82, 2.24) is 23.8 Å². The number of carbonyl (C=O) groups excluding carboxylic acids is 1. The number of anilines is 1. The molecular weight excluding hydrogens is 440 g/mol. The molecule has 2 N–H and O–H groups in total. The number of ether oxygens (including phenoxy) is 1. The van der Waals surface area contributed by atoms with E-state index in [1.165, 1.54) is 34.0 Å². The van der Waals surface area contributed by atoms with Crippen molar-refractivity contribution >= 4 is 32.6 Å². The highest BCUT2D eigenvalue weighted by atomic mass is 32.2. The fourth-order valence-corrected chi connectivity index (χ4v) is 5.36. The maximum absolute atomic E-state index is 12.7. The molecule has 10 nitrogen and oxygen atoms in total. The van der Waals surface area contributed by atoms with E-state index in [0.717, 1.165) is 16.1 Å². The highest BCUT2D eigenvalue weighted by Crippen LogP contribution is 2.30. The van der Waals surface area contributed by atoms with E-state index in [1.54, 1.807) is 13.2 Å². The molecule has 0 radical (unpaired) electrons. The van der Waals surface area contributed by atoms with Crippen LogP contribution in [0.25, 0.3) is 11.3 Å². The quantitative estimate of drug-likeness (QED) is 0.578. The molecule has 164 valence electrons. The minimum atomic E-state index is -3.49. The van der Waals surface area contributed by atoms with E-state index in [2.05, 4.69) is 20.5 Å². The fraction of sp³-hybridized carbons (Fsp3) is 0.316. The molecule has 1 aliphatic heterocycles. The van der Waals surface area contributed by atoms with Crippen molar-refractivity contribution in [1.29, 1.82) is 0 Å². The molecule has 0 atom stereocenters. The smallest absolute Gasteiger partial charge is 0.281 e. The van der Waals surface area contributed by atoms with Gasteiger partial charge in [-0.05, 0) is 18.2 Å². The van der Waals surface area contributed by atoms with Gasteiger partial charge in [0.15, 0.2) is 5.13 Å². The molecule has 0 aliphatic carbocycles. The molecule has 1 aliphatic rings. The molecule has 1 amide bonds. The van der Waals surface area contributed by atoms with Gasteiger partial charge in [-0.2, -0.15) is 22.1 Å². The maximum atomic E-state index is 12.7. The van der Waals surface area contributed by atoms with Gasteiger partial charge in [-0.1, -0.05) is 12.1 Å². The van der Waals surface area contributed by atoms with E-state index in [4.69, 9.17) is 4.74 Å². The number of benzene rings is 1. The lowest BCUT2D eigenvalue weighted by atomic mass is 10.1. The predicted octanol–water partition coefficient (Wildman–Crippen LogP) is 1.96. The van der Waals surface area contributed by atoms with Crippen LogP contribution in [0.4, 0.5) is 5.13 Å². The highest BCUT2D eigenvalue weighted by molar-refractivity contribution is 7.86. The Morgan fingerprint density at radius 1 is 1.32 bits per heavy atom. The van der Waals surface area contributed by atoms with Crippen LogP contribution in [0, 0.1) is 0 Å². The minimum Gasteiger partial charge on any atom is -0.497 e. The molecule has 2 aromatic heterocycles. The van der Waals surface area contributed by atoms with Crippen LogP contribution in [0.2, 0.25) is 0 Å². The topological polar surface area (TPSA) is 121 Å². The zero-order valence-corrected chi connectivity index (χ0v) is 18.9. The van der Waals surface area contributed by atoms with Crippen molar-refractivity contribution in [2.24, 2.45) is 0 Å². The Bertz CT molecular complexity index is 1220. The first-order chi connectivity index (χ1) is 14.8. The molecule has 0 spiro atoms. The third kappa shape index (κ3) is 4.32. The number of thiazole rings is 1. The van der Waals surface area contributed by atoms with Crippen LogP contribution in [0.3, 0.4) is 0 Å². The van der Waals surface area contributed by atoms with Crippen molar-refractivity contribution in [2.75, 3.05) is 33.1 Å². The first-order valence-electron chi connectivity index (χ1n) is 9.45. The molecule has 0 saturated heterocycles. The Kier molecular flexibility index (Phi) is 5.79. The summed E-state index contributed by atoms with van der Waals surface area (Å²) in [7, 11) is 1.11. The number of methoxy groups -OCH3 is 1. The van der Waals surface area contributed by atoms with Crippen LogP contribution in [0.5, 0.6) is 5.75 Å². The third-order valence-electron chi connectivity index (χ3n) is 4.89. The summed E-state index contributed by atoms with van der Waals surface area (Å²) in [6, 6.07) is 9.05. The standard InChI is InChI=1S/C19H22N6O4S2/c1-24(2)31(27,28)25-8-7-14-17(11-25)30-19(20-14)21-18(26)16-10-15(22-23-16)12-5-4-6-13(9-12)29-3/h4-6,9-10H,7-8,11H2,1-3H3,(H,22,23)(H,20,21,26). The van der Waals surface area contributed by atoms with Crippen LogP contribution in [-0.2, 0) is 23.2 Å². The molecule has 3 aromatic rings. The predicted molar refractivity (Wildman–Crippen MR) is 117 cm³/mol. The van der Waals surface area contributed by atoms with Crippen molar-refractivity contribution in [3.05, 3.63) is 46.6 Å². The summed E-state index contributed by atoms with van der Waals surface area (Å²) in [6.07, 6.45) is 0.499. The van der Waals surface area contributed by atoms with E-state index < -0.39 is 10.2 Å². The number of aromatic amines is 1. The van der Waals surface area contributed by atoms with Gasteiger partial charge in [0.05, 0.1) is 25.0 Å². The molecule has 4 rings (SSSR count). The summed E-state index contributed by atoms with van der Waals surface area (Å²) < 4.78 is 32.6. The van der Waals surface area contributed by atoms with Crippen LogP contribution in [-0.4, -0.2) is 65.9 Å². The number of H-pyrrole nitrogens is 1. The Morgan fingerprint density at radius 2 is 2.13 bits per heavy atom. The number of nitrogens with zero attached hydrogens (tertiary/aromatic N) is 4. The number of fused-ring (bicyclic) bond motifs is 1. The summed E-state index contributed by atoms with van der Waals surface area (Å²) in [6.45, 7) is 0.600. The van der Waals surface area contributed by atoms with Gasteiger partial charge in [0.2, 0.25) is 0 Å². The van der Waals surface area contributed by atoms with Gasteiger partial charge in [-0.25, -0.2) is 4.98 Å². The Morgan fingerprint density at radius 3 is 2.87 bits per heavy atom. The number of amides is 1. The molecule has 1 aromatic carbocycles. The Balaban J connectivity index is 1.47. The first-order valence-corrected chi connectivity index (χ1v) is 11.7. The van der Waals surface area contributed by atoms with Crippen LogP contribution in [0.1, 0.15) is 21.1 Å². The Labute approximate surface area is 184 Å². The third-order valence-corrected chi connectivity index (χ3v) is 7.78. The van der Waals surface area contributed by atoms with Gasteiger partial charge in [0.25, 0.3) is 16.1 Å². The second kappa shape index (κ2) is 8.38. The first kappa shape index (κ1) is 21.4. The molecule has 0 bridgehead atoms. The average Bonchev–Trinajstić information content (AvgIpc) is 3.40. The van der Waals surface area contributed by atoms with Crippen LogP contribution < -0.4 is 10.1 Å². The monoisotopic (exact) mass is 462 g/mol. The van der Waals surface area contributed by atoms with Crippen LogP contribution >= 0.6 is 11.3 Å². The van der Waals surface area contributed by atoms with Gasteiger partial charge in [-0.15, -0.1) is 11.3 Å². The second-order valence-corrected chi connectivity index (χ2v) is 10.3. The molecule has 3 heterocycles. The normalized spacial score (nSPS) is 14.5. The minimum absolute atomic E-state index is 0.243. The van der Waals surface area contributed by atoms with Gasteiger partial charge in [0.1, 0.15) is 11.4 Å². The lowest BCUT2D eigenvalue weighted by Crippen LogP contribution is -2.42. The van der Waals surface area contributed by atoms with Gasteiger partial charge in [0, 0.05) is 37.5 Å². The van der Waals surface area contributed by atoms with E-state index in [0.29, 0.717) is 35.2 Å². The zero-order chi connectivity index (χ0) is 22.2. The molecule has 0 fully saturated rings. The summed E-state index contributed by atoms with van der Waals surface area (Å²) in [5, 5.41) is 10.2. The summed E-state index contributed by atoms with van der Waals surface area (Å²) in [5.41, 5.74) is 2.54. The number of rotatable bonds is 6. The molecule has 31 heavy (non-hydrogen) atoms. The largest absolute Gasteiger partial charge is 0.497 e. The van der Waals surface area contributed by atoms with E-state index >= 15 is 0 Å². The molecular formula is C19H22N6O4S2. The second-order valence-electron chi connectivity index (χ2n) is 7.12. The van der Waals surface area contributed by atoms with Gasteiger partial charge >= 0.3 is 0 Å². The molecule has 0 unspecified atom stereocenters. The number of hydrogen-bond donors (Lipinski definition) is 2. The lowest BCUT2D eigenvalue weighted by molar-refractivity contribution is 0.102. The van der Waals surface area contributed by atoms with E-state index in [9.17, 15) is 13.2 Å². The summed E-state index contributed by atoms with van der Waals surface area (Å²) in [4.78, 5) is 17.9. The maximum Gasteiger partial charge on any atom is 0.281 e. The van der Waals surface area contributed by atoms with E-state index in [1.807, 2.05) is 24.3 Å². The molecule has 0 saturated carbocycles. The average molecular weight is 463 g/mol.